The molecule has 2 aliphatic heterocycles. The zero-order chi connectivity index (χ0) is 19.6. The van der Waals surface area contributed by atoms with Crippen molar-refractivity contribution in [2.75, 3.05) is 12.3 Å². The van der Waals surface area contributed by atoms with Gasteiger partial charge in [-0.3, -0.25) is 14.3 Å². The van der Waals surface area contributed by atoms with Gasteiger partial charge >= 0.3 is 48.9 Å². The fourth-order valence-electron chi connectivity index (χ4n) is 3.31. The summed E-state index contributed by atoms with van der Waals surface area (Å²) < 4.78 is 23.9. The number of nitrogen functional groups attached to an aromatic ring is 1. The van der Waals surface area contributed by atoms with Crippen molar-refractivity contribution in [1.82, 2.24) is 19.5 Å². The van der Waals surface area contributed by atoms with Gasteiger partial charge in [-0.1, -0.05) is 6.72 Å². The summed E-state index contributed by atoms with van der Waals surface area (Å²) >= 11 is 4.26. The molecule has 0 saturated carbocycles. The number of nitrogens with zero attached hydrogens (tertiary/aromatic N) is 3. The van der Waals surface area contributed by atoms with E-state index >= 15 is 0 Å². The molecule has 0 aromatic carbocycles. The summed E-state index contributed by atoms with van der Waals surface area (Å²) in [6.07, 6.45) is -1.44. The van der Waals surface area contributed by atoms with E-state index in [2.05, 4.69) is 26.8 Å². The standard InChI is InChI=1S/C13H18N5O7PS.Ba/c1-13(2)24-7-5(3-22-26(20,21)27)23-11(8(7)25-13)18-4-15-6-9(18)16-12(14)17-10(6)19;/h4-5,7-8,11H,3H2,1-2H3,(H2,20,21,27)(H3,14,16,17,19);/q;+2/p-2/t5-,7-,8-,11-;/m1./s1. The molecule has 0 radical (unpaired) electrons. The monoisotopic (exact) mass is 555 g/mol. The number of ether oxygens (including phenoxy) is 3. The molecule has 12 nitrogen and oxygen atoms in total. The molecular formula is C13H16BaN5O7PS. The number of rotatable bonds is 4. The van der Waals surface area contributed by atoms with Gasteiger partial charge in [-0.15, -0.1) is 11.8 Å². The van der Waals surface area contributed by atoms with Crippen molar-refractivity contribution in [2.45, 2.75) is 44.2 Å². The van der Waals surface area contributed by atoms with Crippen LogP contribution in [0.2, 0.25) is 0 Å². The second-order valence-corrected chi connectivity index (χ2v) is 9.14. The van der Waals surface area contributed by atoms with Crippen LogP contribution in [0.25, 0.3) is 11.2 Å². The molecule has 2 aliphatic rings. The summed E-state index contributed by atoms with van der Waals surface area (Å²) in [7, 11) is 0. The minimum atomic E-state index is -4.36. The molecule has 4 heterocycles. The van der Waals surface area contributed by atoms with E-state index in [9.17, 15) is 14.6 Å². The summed E-state index contributed by atoms with van der Waals surface area (Å²) in [5.41, 5.74) is 5.41. The van der Waals surface area contributed by atoms with Gasteiger partial charge in [0.1, 0.15) is 18.3 Å². The van der Waals surface area contributed by atoms with Gasteiger partial charge in [0, 0.05) is 0 Å². The SMILES string of the molecule is CC1(C)O[C@@H]2[C@H](O1)[C@@H](COP([O-])([O-])=S)O[C@H]2n1cnc2c(=O)[nH]c(N)nc21.[Ba+2]. The van der Waals surface area contributed by atoms with Crippen LogP contribution >= 0.6 is 6.72 Å². The van der Waals surface area contributed by atoms with Crippen LogP contribution in [0.5, 0.6) is 0 Å². The Morgan fingerprint density at radius 1 is 1.43 bits per heavy atom. The largest absolute Gasteiger partial charge is 2.00 e. The maximum Gasteiger partial charge on any atom is 2.00 e. The van der Waals surface area contributed by atoms with Gasteiger partial charge in [-0.05, 0) is 13.8 Å². The second kappa shape index (κ2) is 8.00. The number of aromatic amines is 1. The van der Waals surface area contributed by atoms with Crippen molar-refractivity contribution in [3.05, 3.63) is 16.7 Å². The Kier molecular flexibility index (Phi) is 6.51. The van der Waals surface area contributed by atoms with Crippen LogP contribution in [0.1, 0.15) is 20.1 Å². The Hall–Kier alpha value is 0.131. The van der Waals surface area contributed by atoms with Crippen molar-refractivity contribution in [2.24, 2.45) is 0 Å². The van der Waals surface area contributed by atoms with Gasteiger partial charge in [0.05, 0.1) is 12.9 Å². The van der Waals surface area contributed by atoms with Crippen LogP contribution in [-0.2, 0) is 30.5 Å². The fourth-order valence-corrected chi connectivity index (χ4v) is 3.82. The predicted molar refractivity (Wildman–Crippen MR) is 96.3 cm³/mol. The summed E-state index contributed by atoms with van der Waals surface area (Å²) in [6.45, 7) is -1.24. The van der Waals surface area contributed by atoms with Crippen molar-refractivity contribution in [1.29, 1.82) is 0 Å². The molecule has 4 rings (SSSR count). The maximum atomic E-state index is 12.0. The molecule has 0 amide bonds. The third kappa shape index (κ3) is 4.42. The number of hydrogen-bond donors (Lipinski definition) is 2. The normalized spacial score (nSPS) is 29.0. The average Bonchev–Trinajstić information content (AvgIpc) is 3.15. The molecule has 148 valence electrons. The van der Waals surface area contributed by atoms with E-state index in [0.29, 0.717) is 0 Å². The van der Waals surface area contributed by atoms with E-state index < -0.39 is 42.6 Å². The maximum absolute atomic E-state index is 12.0. The van der Waals surface area contributed by atoms with Crippen LogP contribution in [0.15, 0.2) is 11.1 Å². The second-order valence-electron chi connectivity index (χ2n) is 6.65. The molecule has 2 aromatic heterocycles. The molecule has 0 spiro atoms. The van der Waals surface area contributed by atoms with Gasteiger partial charge in [-0.25, -0.2) is 4.98 Å². The topological polar surface area (TPSA) is 173 Å². The number of H-pyrrole nitrogens is 1. The molecule has 3 N–H and O–H groups in total. The molecule has 4 atom stereocenters. The first-order valence-electron chi connectivity index (χ1n) is 7.94. The van der Waals surface area contributed by atoms with Crippen LogP contribution in [0.4, 0.5) is 5.95 Å². The van der Waals surface area contributed by atoms with E-state index in [1.54, 1.807) is 13.8 Å². The number of aromatic nitrogens is 4. The summed E-state index contributed by atoms with van der Waals surface area (Å²) in [5, 5.41) is 0. The Morgan fingerprint density at radius 3 is 2.79 bits per heavy atom. The molecule has 2 fully saturated rings. The molecule has 28 heavy (non-hydrogen) atoms. The molecule has 0 unspecified atom stereocenters. The first-order valence-corrected chi connectivity index (χ1v) is 10.5. The van der Waals surface area contributed by atoms with Crippen LogP contribution < -0.4 is 21.1 Å². The van der Waals surface area contributed by atoms with E-state index in [-0.39, 0.29) is 72.6 Å². The summed E-state index contributed by atoms with van der Waals surface area (Å²) in [5.74, 6) is -1.00. The molecule has 2 aromatic rings. The number of nitrogens with two attached hydrogens (primary N) is 1. The minimum Gasteiger partial charge on any atom is -0.812 e. The number of imidazole rings is 1. The van der Waals surface area contributed by atoms with Crippen molar-refractivity contribution >= 4 is 84.5 Å². The minimum absolute atomic E-state index is 0. The molecule has 0 aliphatic carbocycles. The quantitative estimate of drug-likeness (QED) is 0.307. The zero-order valence-corrected chi connectivity index (χ0v) is 21.1. The number of fused-ring (bicyclic) bond motifs is 2. The van der Waals surface area contributed by atoms with E-state index in [4.69, 9.17) is 24.5 Å². The van der Waals surface area contributed by atoms with Gasteiger partial charge in [-0.2, -0.15) is 4.98 Å². The van der Waals surface area contributed by atoms with Crippen molar-refractivity contribution in [3.63, 3.8) is 0 Å². The number of anilines is 1. The van der Waals surface area contributed by atoms with Crippen LogP contribution in [-0.4, -0.2) is 99.1 Å². The molecule has 0 bridgehead atoms. The molecular weight excluding hydrogens is 539 g/mol. The Morgan fingerprint density at radius 2 is 2.11 bits per heavy atom. The smallest absolute Gasteiger partial charge is 0.812 e. The van der Waals surface area contributed by atoms with Crippen molar-refractivity contribution in [3.8, 4) is 0 Å². The van der Waals surface area contributed by atoms with Gasteiger partial charge in [0.25, 0.3) is 5.56 Å². The van der Waals surface area contributed by atoms with Crippen LogP contribution in [0, 0.1) is 0 Å². The van der Waals surface area contributed by atoms with Gasteiger partial charge in [0.15, 0.2) is 23.2 Å². The summed E-state index contributed by atoms with van der Waals surface area (Å²) in [6, 6.07) is 0. The van der Waals surface area contributed by atoms with Crippen molar-refractivity contribution < 1.29 is 28.5 Å². The Bertz CT molecular complexity index is 993. The third-order valence-electron chi connectivity index (χ3n) is 4.25. The zero-order valence-electron chi connectivity index (χ0n) is 14.9. The predicted octanol–water partition coefficient (Wildman–Crippen LogP) is -2.30. The van der Waals surface area contributed by atoms with E-state index in [0.717, 1.165) is 0 Å². The van der Waals surface area contributed by atoms with E-state index in [1.165, 1.54) is 10.9 Å². The average molecular weight is 555 g/mol. The van der Waals surface area contributed by atoms with Gasteiger partial charge < -0.3 is 34.3 Å². The fraction of sp³-hybridized carbons (Fsp3) is 0.615. The van der Waals surface area contributed by atoms with E-state index in [1.807, 2.05) is 0 Å². The Labute approximate surface area is 204 Å². The third-order valence-corrected chi connectivity index (χ3v) is 5.03. The first kappa shape index (κ1) is 22.8. The number of nitrogens with one attached hydrogen (secondary N) is 1. The Balaban J connectivity index is 0.00000225. The summed E-state index contributed by atoms with van der Waals surface area (Å²) in [4.78, 5) is 44.9. The number of hydrogen-bond acceptors (Lipinski definition) is 11. The van der Waals surface area contributed by atoms with Crippen LogP contribution in [0.3, 0.4) is 0 Å². The van der Waals surface area contributed by atoms with Gasteiger partial charge in [0.2, 0.25) is 5.95 Å². The molecule has 2 saturated heterocycles. The first-order chi connectivity index (χ1) is 12.5. The molecule has 15 heteroatoms.